The number of rotatable bonds is 10. The predicted molar refractivity (Wildman–Crippen MR) is 160 cm³/mol. The molecule has 1 aromatic rings. The summed E-state index contributed by atoms with van der Waals surface area (Å²) in [6.45, 7) is 19.3. The number of carbonyl (C=O) groups excluding carboxylic acids is 1. The van der Waals surface area contributed by atoms with Crippen LogP contribution >= 0.6 is 0 Å². The average Bonchev–Trinajstić information content (AvgIpc) is 3.38. The molecule has 0 spiro atoms. The molecule has 0 aromatic heterocycles. The summed E-state index contributed by atoms with van der Waals surface area (Å²) in [4.78, 5) is 12.1. The van der Waals surface area contributed by atoms with E-state index >= 15 is 0 Å². The topological polar surface area (TPSA) is 90.9 Å². The summed E-state index contributed by atoms with van der Waals surface area (Å²) in [6.07, 6.45) is 0.703. The summed E-state index contributed by atoms with van der Waals surface area (Å²) < 4.78 is 50.4. The number of fused-ring (bicyclic) bond motifs is 1. The van der Waals surface area contributed by atoms with Gasteiger partial charge in [0.1, 0.15) is 24.4 Å². The van der Waals surface area contributed by atoms with Crippen LogP contribution < -0.4 is 0 Å². The van der Waals surface area contributed by atoms with Gasteiger partial charge in [-0.15, -0.1) is 0 Å². The average molecular weight is 607 g/mol. The van der Waals surface area contributed by atoms with Crippen molar-refractivity contribution in [1.29, 1.82) is 0 Å². The second-order valence-electron chi connectivity index (χ2n) is 13.9. The molecular formula is C32H50O9Si. The predicted octanol–water partition coefficient (Wildman–Crippen LogP) is 5.52. The van der Waals surface area contributed by atoms with E-state index in [1.54, 1.807) is 6.08 Å². The SMILES string of the molecule is COC(=O)/C=C/[C@@H](O[Si](C)(C)C(C)(C)C)[C@H]1C[C@H]2OC(C)(C)O[C@H]2[C@H]([C@H]2OC(C)(C)O[C@@H]2COCc2ccccc2)O1. The maximum Gasteiger partial charge on any atom is 0.330 e. The van der Waals surface area contributed by atoms with Gasteiger partial charge in [-0.1, -0.05) is 51.1 Å². The van der Waals surface area contributed by atoms with Crippen LogP contribution in [-0.2, 0) is 49.0 Å². The minimum atomic E-state index is -2.27. The van der Waals surface area contributed by atoms with Crippen molar-refractivity contribution >= 4 is 14.3 Å². The molecular weight excluding hydrogens is 556 g/mol. The van der Waals surface area contributed by atoms with Crippen molar-refractivity contribution in [2.24, 2.45) is 0 Å². The van der Waals surface area contributed by atoms with Crippen LogP contribution in [0.4, 0.5) is 0 Å². The van der Waals surface area contributed by atoms with E-state index in [9.17, 15) is 4.79 Å². The van der Waals surface area contributed by atoms with Gasteiger partial charge in [0.05, 0.1) is 38.6 Å². The van der Waals surface area contributed by atoms with Crippen molar-refractivity contribution in [2.75, 3.05) is 13.7 Å². The Hall–Kier alpha value is -1.63. The van der Waals surface area contributed by atoms with Crippen LogP contribution in [0.3, 0.4) is 0 Å². The minimum absolute atomic E-state index is 0.0520. The van der Waals surface area contributed by atoms with Crippen LogP contribution in [0, 0.1) is 0 Å². The lowest BCUT2D eigenvalue weighted by atomic mass is 9.90. The first-order valence-corrected chi connectivity index (χ1v) is 17.8. The van der Waals surface area contributed by atoms with Crippen molar-refractivity contribution in [2.45, 2.75) is 134 Å². The van der Waals surface area contributed by atoms with Crippen LogP contribution in [0.5, 0.6) is 0 Å². The Labute approximate surface area is 252 Å². The quantitative estimate of drug-likeness (QED) is 0.194. The summed E-state index contributed by atoms with van der Waals surface area (Å²) >= 11 is 0. The molecule has 0 aliphatic carbocycles. The number of ether oxygens (including phenoxy) is 7. The first kappa shape index (κ1) is 33.3. The van der Waals surface area contributed by atoms with Crippen LogP contribution in [0.15, 0.2) is 42.5 Å². The molecule has 3 aliphatic rings. The zero-order valence-corrected chi connectivity index (χ0v) is 27.9. The summed E-state index contributed by atoms with van der Waals surface area (Å²) in [5.74, 6) is -2.08. The lowest BCUT2D eigenvalue weighted by Gasteiger charge is -2.45. The highest BCUT2D eigenvalue weighted by Crippen LogP contribution is 2.45. The van der Waals surface area contributed by atoms with Crippen molar-refractivity contribution < 1.29 is 42.4 Å². The van der Waals surface area contributed by atoms with Gasteiger partial charge in [-0.05, 0) is 57.5 Å². The molecule has 0 N–H and O–H groups in total. The fraction of sp³-hybridized carbons (Fsp3) is 0.719. The monoisotopic (exact) mass is 606 g/mol. The van der Waals surface area contributed by atoms with Crippen LogP contribution in [0.25, 0.3) is 0 Å². The Morgan fingerprint density at radius 1 is 1.00 bits per heavy atom. The van der Waals surface area contributed by atoms with E-state index in [2.05, 4.69) is 33.9 Å². The molecule has 42 heavy (non-hydrogen) atoms. The smallest absolute Gasteiger partial charge is 0.330 e. The van der Waals surface area contributed by atoms with E-state index in [0.29, 0.717) is 19.6 Å². The first-order valence-electron chi connectivity index (χ1n) is 14.9. The molecule has 7 atom stereocenters. The molecule has 3 heterocycles. The number of benzene rings is 1. The normalized spacial score (nSPS) is 31.7. The van der Waals surface area contributed by atoms with Crippen LogP contribution in [-0.4, -0.2) is 82.3 Å². The van der Waals surface area contributed by atoms with E-state index < -0.39 is 56.4 Å². The van der Waals surface area contributed by atoms with E-state index in [4.69, 9.17) is 37.6 Å². The fourth-order valence-corrected chi connectivity index (χ4v) is 6.76. The molecule has 1 aromatic carbocycles. The first-order chi connectivity index (χ1) is 19.5. The fourth-order valence-electron chi connectivity index (χ4n) is 5.50. The molecule has 0 bridgehead atoms. The van der Waals surface area contributed by atoms with Gasteiger partial charge in [0.25, 0.3) is 0 Å². The lowest BCUT2D eigenvalue weighted by molar-refractivity contribution is -0.212. The molecule has 10 heteroatoms. The van der Waals surface area contributed by atoms with Crippen molar-refractivity contribution in [1.82, 2.24) is 0 Å². The third-order valence-electron chi connectivity index (χ3n) is 8.51. The Morgan fingerprint density at radius 2 is 1.64 bits per heavy atom. The Kier molecular flexibility index (Phi) is 10.1. The molecule has 3 aliphatic heterocycles. The number of hydrogen-bond acceptors (Lipinski definition) is 9. The Morgan fingerprint density at radius 3 is 2.29 bits per heavy atom. The summed E-state index contributed by atoms with van der Waals surface area (Å²) in [5, 5.41) is -0.0520. The highest BCUT2D eigenvalue weighted by atomic mass is 28.4. The van der Waals surface area contributed by atoms with Gasteiger partial charge in [0, 0.05) is 12.5 Å². The van der Waals surface area contributed by atoms with E-state index in [0.717, 1.165) is 5.56 Å². The van der Waals surface area contributed by atoms with Crippen molar-refractivity contribution in [3.05, 3.63) is 48.0 Å². The second-order valence-corrected chi connectivity index (χ2v) is 18.6. The van der Waals surface area contributed by atoms with Gasteiger partial charge in [-0.2, -0.15) is 0 Å². The van der Waals surface area contributed by atoms with Gasteiger partial charge in [0.2, 0.25) is 0 Å². The molecule has 0 unspecified atom stereocenters. The Bertz CT molecular complexity index is 1080. The second kappa shape index (κ2) is 12.8. The molecule has 236 valence electrons. The lowest BCUT2D eigenvalue weighted by Crippen LogP contribution is -2.58. The van der Waals surface area contributed by atoms with Gasteiger partial charge in [-0.25, -0.2) is 4.79 Å². The minimum Gasteiger partial charge on any atom is -0.466 e. The van der Waals surface area contributed by atoms with E-state index in [-0.39, 0.29) is 17.2 Å². The molecule has 0 radical (unpaired) electrons. The van der Waals surface area contributed by atoms with E-state index in [1.165, 1.54) is 13.2 Å². The summed E-state index contributed by atoms with van der Waals surface area (Å²) in [7, 11) is -0.907. The maximum atomic E-state index is 12.1. The number of hydrogen-bond donors (Lipinski definition) is 0. The van der Waals surface area contributed by atoms with Crippen LogP contribution in [0.1, 0.15) is 60.5 Å². The van der Waals surface area contributed by atoms with Gasteiger partial charge in [0.15, 0.2) is 19.9 Å². The Balaban J connectivity index is 1.61. The highest BCUT2D eigenvalue weighted by Gasteiger charge is 2.58. The third kappa shape index (κ3) is 8.09. The molecule has 9 nitrogen and oxygen atoms in total. The zero-order valence-electron chi connectivity index (χ0n) is 26.9. The zero-order chi connectivity index (χ0) is 30.9. The largest absolute Gasteiger partial charge is 0.466 e. The third-order valence-corrected chi connectivity index (χ3v) is 13.0. The number of esters is 1. The van der Waals surface area contributed by atoms with Crippen molar-refractivity contribution in [3.8, 4) is 0 Å². The van der Waals surface area contributed by atoms with Crippen molar-refractivity contribution in [3.63, 3.8) is 0 Å². The molecule has 0 saturated carbocycles. The molecule has 3 saturated heterocycles. The van der Waals surface area contributed by atoms with Crippen LogP contribution in [0.2, 0.25) is 18.1 Å². The van der Waals surface area contributed by atoms with E-state index in [1.807, 2.05) is 58.0 Å². The highest BCUT2D eigenvalue weighted by molar-refractivity contribution is 6.74. The summed E-state index contributed by atoms with van der Waals surface area (Å²) in [5.41, 5.74) is 1.08. The van der Waals surface area contributed by atoms with Gasteiger partial charge in [-0.3, -0.25) is 0 Å². The molecule has 0 amide bonds. The van der Waals surface area contributed by atoms with Gasteiger partial charge < -0.3 is 37.6 Å². The number of carbonyl (C=O) groups is 1. The summed E-state index contributed by atoms with van der Waals surface area (Å²) in [6, 6.07) is 10.0. The number of methoxy groups -OCH3 is 1. The molecule has 3 fully saturated rings. The maximum absolute atomic E-state index is 12.1. The standard InChI is InChI=1S/C32H50O9Si/c1-30(2,3)42(9,10)41-22(16-17-26(33)34-8)23-18-24-27(39-31(4,5)37-24)29(36-23)28-25(38-32(6,7)40-28)20-35-19-21-14-12-11-13-15-21/h11-17,22-25,27-29H,18-20H2,1-10H3/b17-16+/t22-,23-,24-,25-,27-,28+,29-/m1/s1. The molecule has 4 rings (SSSR count). The van der Waals surface area contributed by atoms with Gasteiger partial charge >= 0.3 is 5.97 Å².